The van der Waals surface area contributed by atoms with E-state index in [9.17, 15) is 10.1 Å². The van der Waals surface area contributed by atoms with Crippen LogP contribution in [0.1, 0.15) is 39.1 Å². The quantitative estimate of drug-likeness (QED) is 0.316. The average Bonchev–Trinajstić information content (AvgIpc) is 2.91. The highest BCUT2D eigenvalue weighted by Crippen LogP contribution is 2.32. The molecule has 0 radical (unpaired) electrons. The summed E-state index contributed by atoms with van der Waals surface area (Å²) in [6.07, 6.45) is 5.49. The summed E-state index contributed by atoms with van der Waals surface area (Å²) in [7, 11) is 1.73. The standard InChI is InChI=1S/C29H31ClN8O2/c1-17-15-38(16-18(2)40-17)20-13-33-28(34-14-20)29(3,4)36-24-11-26(39)37(5)25-7-6-19(10-21(24)25)35-23-8-9-32-27(30)22(23)12-31/h6-11,13-14,17-18,36H,15-16H2,1-5H3,(H,32,35)/t17-,18+. The first-order valence-corrected chi connectivity index (χ1v) is 13.4. The molecule has 2 N–H and O–H groups in total. The third-order valence-electron chi connectivity index (χ3n) is 6.97. The molecule has 1 aliphatic rings. The lowest BCUT2D eigenvalue weighted by molar-refractivity contribution is -0.00525. The Morgan fingerprint density at radius 3 is 2.45 bits per heavy atom. The summed E-state index contributed by atoms with van der Waals surface area (Å²) >= 11 is 6.11. The average molecular weight is 559 g/mol. The van der Waals surface area contributed by atoms with Crippen LogP contribution in [0.25, 0.3) is 10.9 Å². The van der Waals surface area contributed by atoms with Crippen LogP contribution in [-0.4, -0.2) is 44.8 Å². The maximum absolute atomic E-state index is 12.8. The Labute approximate surface area is 237 Å². The van der Waals surface area contributed by atoms with Gasteiger partial charge in [-0.15, -0.1) is 0 Å². The van der Waals surface area contributed by atoms with Gasteiger partial charge in [-0.2, -0.15) is 5.26 Å². The lowest BCUT2D eigenvalue weighted by atomic mass is 10.0. The number of nitrogens with zero attached hydrogens (tertiary/aromatic N) is 6. The van der Waals surface area contributed by atoms with Crippen LogP contribution in [0.4, 0.5) is 22.7 Å². The number of aromatic nitrogens is 4. The monoisotopic (exact) mass is 558 g/mol. The molecule has 1 saturated heterocycles. The topological polar surface area (TPSA) is 121 Å². The molecule has 40 heavy (non-hydrogen) atoms. The largest absolute Gasteiger partial charge is 0.372 e. The predicted octanol–water partition coefficient (Wildman–Crippen LogP) is 4.95. The van der Waals surface area contributed by atoms with Crippen LogP contribution in [0.3, 0.4) is 0 Å². The number of ether oxygens (including phenoxy) is 1. The third-order valence-corrected chi connectivity index (χ3v) is 7.26. The molecule has 4 aromatic rings. The van der Waals surface area contributed by atoms with E-state index in [4.69, 9.17) is 26.3 Å². The van der Waals surface area contributed by atoms with Crippen molar-refractivity contribution in [2.45, 2.75) is 45.4 Å². The van der Waals surface area contributed by atoms with Crippen molar-refractivity contribution in [1.82, 2.24) is 19.5 Å². The van der Waals surface area contributed by atoms with Crippen LogP contribution in [0.5, 0.6) is 0 Å². The Balaban J connectivity index is 1.46. The molecule has 4 heterocycles. The Hall–Kier alpha value is -4.20. The number of morpholine rings is 1. The molecule has 1 fully saturated rings. The van der Waals surface area contributed by atoms with Gasteiger partial charge in [0, 0.05) is 49.2 Å². The number of hydrogen-bond donors (Lipinski definition) is 2. The molecule has 0 spiro atoms. The maximum atomic E-state index is 12.8. The van der Waals surface area contributed by atoms with E-state index in [-0.39, 0.29) is 28.5 Å². The van der Waals surface area contributed by atoms with Gasteiger partial charge in [0.15, 0.2) is 5.82 Å². The van der Waals surface area contributed by atoms with E-state index < -0.39 is 5.54 Å². The van der Waals surface area contributed by atoms with Gasteiger partial charge in [-0.3, -0.25) is 4.79 Å². The highest BCUT2D eigenvalue weighted by atomic mass is 35.5. The van der Waals surface area contributed by atoms with Gasteiger partial charge in [0.05, 0.1) is 47.0 Å². The van der Waals surface area contributed by atoms with Gasteiger partial charge in [0.1, 0.15) is 16.8 Å². The van der Waals surface area contributed by atoms with Gasteiger partial charge in [-0.05, 0) is 52.0 Å². The summed E-state index contributed by atoms with van der Waals surface area (Å²) in [6, 6.07) is 11.0. The van der Waals surface area contributed by atoms with Crippen molar-refractivity contribution in [1.29, 1.82) is 5.26 Å². The summed E-state index contributed by atoms with van der Waals surface area (Å²) in [5.74, 6) is 0.596. The SMILES string of the molecule is C[C@@H]1CN(c2cnc(C(C)(C)Nc3cc(=O)n(C)c4ccc(Nc5ccnc(Cl)c5C#N)cc34)nc2)C[C@H](C)O1. The number of aryl methyl sites for hydroxylation is 1. The van der Waals surface area contributed by atoms with Crippen LogP contribution in [0.2, 0.25) is 5.15 Å². The molecule has 11 heteroatoms. The number of fused-ring (bicyclic) bond motifs is 1. The van der Waals surface area contributed by atoms with Crippen LogP contribution in [-0.2, 0) is 17.3 Å². The molecule has 0 bridgehead atoms. The van der Waals surface area contributed by atoms with E-state index in [1.54, 1.807) is 23.7 Å². The molecule has 3 aromatic heterocycles. The first-order chi connectivity index (χ1) is 19.1. The highest BCUT2D eigenvalue weighted by Gasteiger charge is 2.27. The number of rotatable bonds is 6. The molecule has 0 saturated carbocycles. The van der Waals surface area contributed by atoms with Crippen LogP contribution in [0.15, 0.2) is 53.7 Å². The zero-order chi connectivity index (χ0) is 28.6. The van der Waals surface area contributed by atoms with Crippen LogP contribution >= 0.6 is 11.6 Å². The van der Waals surface area contributed by atoms with E-state index in [0.717, 1.165) is 35.4 Å². The smallest absolute Gasteiger partial charge is 0.252 e. The van der Waals surface area contributed by atoms with E-state index in [0.29, 0.717) is 17.2 Å². The normalized spacial score (nSPS) is 17.5. The van der Waals surface area contributed by atoms with Crippen molar-refractivity contribution in [3.05, 3.63) is 75.8 Å². The maximum Gasteiger partial charge on any atom is 0.252 e. The fraction of sp³-hybridized carbons (Fsp3) is 0.345. The van der Waals surface area contributed by atoms with Gasteiger partial charge in [-0.25, -0.2) is 15.0 Å². The first-order valence-electron chi connectivity index (χ1n) is 13.0. The van der Waals surface area contributed by atoms with Crippen molar-refractivity contribution in [3.8, 4) is 6.07 Å². The van der Waals surface area contributed by atoms with E-state index in [1.807, 2.05) is 44.4 Å². The molecule has 10 nitrogen and oxygen atoms in total. The summed E-state index contributed by atoms with van der Waals surface area (Å²) < 4.78 is 7.44. The predicted molar refractivity (Wildman–Crippen MR) is 157 cm³/mol. The van der Waals surface area contributed by atoms with Crippen molar-refractivity contribution in [2.24, 2.45) is 7.05 Å². The van der Waals surface area contributed by atoms with Crippen molar-refractivity contribution >= 4 is 45.3 Å². The minimum absolute atomic E-state index is 0.128. The number of halogens is 1. The number of anilines is 4. The van der Waals surface area contributed by atoms with Gasteiger partial charge in [0.2, 0.25) is 0 Å². The zero-order valence-corrected chi connectivity index (χ0v) is 23.8. The molecule has 0 amide bonds. The zero-order valence-electron chi connectivity index (χ0n) is 23.1. The van der Waals surface area contributed by atoms with E-state index >= 15 is 0 Å². The van der Waals surface area contributed by atoms with E-state index in [2.05, 4.69) is 40.4 Å². The Bertz CT molecular complexity index is 1650. The van der Waals surface area contributed by atoms with Crippen molar-refractivity contribution in [3.63, 3.8) is 0 Å². The molecule has 2 atom stereocenters. The van der Waals surface area contributed by atoms with Crippen LogP contribution < -0.4 is 21.1 Å². The minimum atomic E-state index is -0.695. The van der Waals surface area contributed by atoms with Crippen molar-refractivity contribution < 1.29 is 4.74 Å². The Kier molecular flexibility index (Phi) is 7.36. The molecule has 5 rings (SSSR count). The third kappa shape index (κ3) is 5.43. The second-order valence-electron chi connectivity index (χ2n) is 10.6. The highest BCUT2D eigenvalue weighted by molar-refractivity contribution is 6.31. The number of benzene rings is 1. The second-order valence-corrected chi connectivity index (χ2v) is 11.0. The summed E-state index contributed by atoms with van der Waals surface area (Å²) in [4.78, 5) is 28.4. The molecule has 0 aliphatic carbocycles. The molecule has 206 valence electrons. The second kappa shape index (κ2) is 10.8. The number of nitriles is 1. The molecule has 0 unspecified atom stereocenters. The van der Waals surface area contributed by atoms with Crippen LogP contribution in [0, 0.1) is 11.3 Å². The van der Waals surface area contributed by atoms with Gasteiger partial charge >= 0.3 is 0 Å². The summed E-state index contributed by atoms with van der Waals surface area (Å²) in [5.41, 5.74) is 3.01. The fourth-order valence-corrected chi connectivity index (χ4v) is 5.23. The van der Waals surface area contributed by atoms with Crippen molar-refractivity contribution in [2.75, 3.05) is 28.6 Å². The minimum Gasteiger partial charge on any atom is -0.372 e. The first kappa shape index (κ1) is 27.4. The number of hydrogen-bond acceptors (Lipinski definition) is 9. The number of pyridine rings is 2. The molecular formula is C29H31ClN8O2. The molecule has 1 aromatic carbocycles. The van der Waals surface area contributed by atoms with Gasteiger partial charge in [-0.1, -0.05) is 11.6 Å². The number of nitrogens with one attached hydrogen (secondary N) is 2. The lowest BCUT2D eigenvalue weighted by Gasteiger charge is -2.36. The molecule has 1 aliphatic heterocycles. The fourth-order valence-electron chi connectivity index (χ4n) is 5.03. The van der Waals surface area contributed by atoms with Gasteiger partial charge < -0.3 is 24.8 Å². The Morgan fingerprint density at radius 2 is 1.77 bits per heavy atom. The Morgan fingerprint density at radius 1 is 1.07 bits per heavy atom. The summed E-state index contributed by atoms with van der Waals surface area (Å²) in [6.45, 7) is 9.65. The summed E-state index contributed by atoms with van der Waals surface area (Å²) in [5, 5.41) is 17.2. The molecular weight excluding hydrogens is 528 g/mol. The lowest BCUT2D eigenvalue weighted by Crippen LogP contribution is -2.45. The van der Waals surface area contributed by atoms with Gasteiger partial charge in [0.25, 0.3) is 5.56 Å². The van der Waals surface area contributed by atoms with E-state index in [1.165, 1.54) is 6.20 Å².